The topological polar surface area (TPSA) is 63.1 Å². The molecule has 0 fully saturated rings. The van der Waals surface area contributed by atoms with Crippen molar-refractivity contribution in [2.24, 2.45) is 0 Å². The van der Waals surface area contributed by atoms with E-state index in [2.05, 4.69) is 25.9 Å². The Morgan fingerprint density at radius 2 is 2.09 bits per heavy atom. The van der Waals surface area contributed by atoms with Crippen LogP contribution in [0.25, 0.3) is 0 Å². The summed E-state index contributed by atoms with van der Waals surface area (Å²) in [5.41, 5.74) is 0.106. The fourth-order valence-electron chi connectivity index (χ4n) is 0.534. The third-order valence-electron chi connectivity index (χ3n) is 1.07. The highest BCUT2D eigenvalue weighted by Gasteiger charge is 2.02. The zero-order chi connectivity index (χ0) is 8.27. The summed E-state index contributed by atoms with van der Waals surface area (Å²) in [5, 5.41) is 8.99. The van der Waals surface area contributed by atoms with Crippen LogP contribution in [0.1, 0.15) is 16.2 Å². The molecule has 1 rings (SSSR count). The summed E-state index contributed by atoms with van der Waals surface area (Å²) >= 11 is 3.15. The molecule has 0 saturated carbocycles. The zero-order valence-electron chi connectivity index (χ0n) is 5.49. The van der Waals surface area contributed by atoms with Gasteiger partial charge in [-0.15, -0.1) is 0 Å². The summed E-state index contributed by atoms with van der Waals surface area (Å²) in [6, 6.07) is 0. The van der Waals surface area contributed by atoms with E-state index in [1.807, 2.05) is 0 Å². The van der Waals surface area contributed by atoms with Crippen molar-refractivity contribution in [2.45, 2.75) is 5.33 Å². The van der Waals surface area contributed by atoms with Crippen LogP contribution in [-0.2, 0) is 5.33 Å². The van der Waals surface area contributed by atoms with Crippen molar-refractivity contribution in [3.63, 3.8) is 0 Å². The lowest BCUT2D eigenvalue weighted by Gasteiger charge is -1.93. The van der Waals surface area contributed by atoms with Crippen LogP contribution in [-0.4, -0.2) is 21.0 Å². The van der Waals surface area contributed by atoms with Gasteiger partial charge < -0.3 is 5.11 Å². The molecule has 0 aliphatic rings. The number of rotatable bonds is 2. The smallest absolute Gasteiger partial charge is 0.338 e. The maximum absolute atomic E-state index is 10.3. The first-order valence-electron chi connectivity index (χ1n) is 2.84. The molecule has 0 aliphatic carbocycles. The lowest BCUT2D eigenvalue weighted by atomic mass is 10.3. The van der Waals surface area contributed by atoms with Gasteiger partial charge in [-0.2, -0.15) is 0 Å². The quantitative estimate of drug-likeness (QED) is 0.752. The summed E-state index contributed by atoms with van der Waals surface area (Å²) in [5.74, 6) is -0.430. The van der Waals surface area contributed by atoms with Gasteiger partial charge in [0.15, 0.2) is 0 Å². The fraction of sp³-hybridized carbons (Fsp3) is 0.167. The number of hydrogen-bond donors (Lipinski definition) is 1. The average Bonchev–Trinajstić information content (AvgIpc) is 2.05. The maximum atomic E-state index is 10.3. The Morgan fingerprint density at radius 1 is 1.55 bits per heavy atom. The highest BCUT2D eigenvalue weighted by atomic mass is 79.9. The maximum Gasteiger partial charge on any atom is 0.338 e. The lowest BCUT2D eigenvalue weighted by Crippen LogP contribution is -2.00. The number of aromatic nitrogens is 2. The minimum Gasteiger partial charge on any atom is -0.478 e. The van der Waals surface area contributed by atoms with Gasteiger partial charge in [0.2, 0.25) is 0 Å². The molecule has 0 unspecified atom stereocenters. The molecule has 0 saturated heterocycles. The Labute approximate surface area is 71.4 Å². The standard InChI is InChI=1S/C6H5BrN2O2/c7-1-5-8-2-4(3-9-5)6(10)11/h2-3H,1H2,(H,10,11). The SMILES string of the molecule is O=C(O)c1cnc(CBr)nc1. The molecule has 1 N–H and O–H groups in total. The molecular weight excluding hydrogens is 212 g/mol. The number of aromatic carboxylic acids is 1. The molecule has 0 spiro atoms. The van der Waals surface area contributed by atoms with Gasteiger partial charge in [-0.05, 0) is 0 Å². The molecule has 58 valence electrons. The normalized spacial score (nSPS) is 9.55. The summed E-state index contributed by atoms with van der Waals surface area (Å²) in [7, 11) is 0. The van der Waals surface area contributed by atoms with Gasteiger partial charge in [0.05, 0.1) is 10.9 Å². The summed E-state index contributed by atoms with van der Waals surface area (Å²) in [4.78, 5) is 17.9. The second-order valence-corrected chi connectivity index (χ2v) is 2.39. The first-order valence-corrected chi connectivity index (χ1v) is 3.96. The van der Waals surface area contributed by atoms with Gasteiger partial charge in [0, 0.05) is 12.4 Å². The highest BCUT2D eigenvalue weighted by Crippen LogP contribution is 1.99. The molecule has 0 radical (unpaired) electrons. The number of alkyl halides is 1. The molecule has 11 heavy (non-hydrogen) atoms. The minimum absolute atomic E-state index is 0.106. The summed E-state index contributed by atoms with van der Waals surface area (Å²) < 4.78 is 0. The average molecular weight is 217 g/mol. The van der Waals surface area contributed by atoms with Crippen molar-refractivity contribution in [1.82, 2.24) is 9.97 Å². The van der Waals surface area contributed by atoms with Crippen molar-refractivity contribution < 1.29 is 9.90 Å². The number of carbonyl (C=O) groups is 1. The van der Waals surface area contributed by atoms with Gasteiger partial charge in [0.25, 0.3) is 0 Å². The van der Waals surface area contributed by atoms with E-state index in [0.717, 1.165) is 0 Å². The van der Waals surface area contributed by atoms with Crippen LogP contribution in [0.2, 0.25) is 0 Å². The van der Waals surface area contributed by atoms with E-state index >= 15 is 0 Å². The molecule has 0 aromatic carbocycles. The summed E-state index contributed by atoms with van der Waals surface area (Å²) in [6.45, 7) is 0. The predicted molar refractivity (Wildman–Crippen MR) is 41.6 cm³/mol. The van der Waals surface area contributed by atoms with E-state index < -0.39 is 5.97 Å². The molecule has 0 bridgehead atoms. The third kappa shape index (κ3) is 1.98. The molecule has 1 heterocycles. The minimum atomic E-state index is -1.01. The van der Waals surface area contributed by atoms with E-state index in [0.29, 0.717) is 11.2 Å². The molecule has 1 aromatic rings. The number of carboxylic acid groups (broad SMARTS) is 1. The second-order valence-electron chi connectivity index (χ2n) is 1.83. The molecule has 5 heteroatoms. The van der Waals surface area contributed by atoms with Gasteiger partial charge in [0.1, 0.15) is 5.82 Å². The van der Waals surface area contributed by atoms with Crippen molar-refractivity contribution >= 4 is 21.9 Å². The second kappa shape index (κ2) is 3.43. The van der Waals surface area contributed by atoms with Crippen LogP contribution in [0.15, 0.2) is 12.4 Å². The van der Waals surface area contributed by atoms with Crippen molar-refractivity contribution in [1.29, 1.82) is 0 Å². The van der Waals surface area contributed by atoms with Crippen LogP contribution < -0.4 is 0 Å². The Morgan fingerprint density at radius 3 is 2.45 bits per heavy atom. The number of carboxylic acids is 1. The Bertz CT molecular complexity index is 260. The molecular formula is C6H5BrN2O2. The number of hydrogen-bond acceptors (Lipinski definition) is 3. The van der Waals surface area contributed by atoms with Crippen LogP contribution >= 0.6 is 15.9 Å². The summed E-state index contributed by atoms with van der Waals surface area (Å²) in [6.07, 6.45) is 2.57. The Balaban J connectivity index is 2.91. The van der Waals surface area contributed by atoms with Crippen LogP contribution in [0.4, 0.5) is 0 Å². The Hall–Kier alpha value is -0.970. The molecule has 0 atom stereocenters. The van der Waals surface area contributed by atoms with Gasteiger partial charge in [-0.25, -0.2) is 14.8 Å². The van der Waals surface area contributed by atoms with Crippen LogP contribution in [0.3, 0.4) is 0 Å². The largest absolute Gasteiger partial charge is 0.478 e. The van der Waals surface area contributed by atoms with E-state index in [4.69, 9.17) is 5.11 Å². The number of halogens is 1. The molecule has 0 aliphatic heterocycles. The molecule has 1 aromatic heterocycles. The van der Waals surface area contributed by atoms with Crippen molar-refractivity contribution in [2.75, 3.05) is 0 Å². The van der Waals surface area contributed by atoms with Gasteiger partial charge in [-0.1, -0.05) is 15.9 Å². The van der Waals surface area contributed by atoms with Gasteiger partial charge in [-0.3, -0.25) is 0 Å². The lowest BCUT2D eigenvalue weighted by molar-refractivity contribution is 0.0696. The van der Waals surface area contributed by atoms with Gasteiger partial charge >= 0.3 is 5.97 Å². The van der Waals surface area contributed by atoms with Crippen molar-refractivity contribution in [3.05, 3.63) is 23.8 Å². The fourth-order valence-corrected chi connectivity index (χ4v) is 0.824. The van der Waals surface area contributed by atoms with Crippen LogP contribution in [0.5, 0.6) is 0 Å². The van der Waals surface area contributed by atoms with E-state index in [1.165, 1.54) is 12.4 Å². The predicted octanol–water partition coefficient (Wildman–Crippen LogP) is 1.07. The third-order valence-corrected chi connectivity index (χ3v) is 1.57. The monoisotopic (exact) mass is 216 g/mol. The Kier molecular flexibility index (Phi) is 2.53. The van der Waals surface area contributed by atoms with Crippen molar-refractivity contribution in [3.8, 4) is 0 Å². The van der Waals surface area contributed by atoms with Crippen LogP contribution in [0, 0.1) is 0 Å². The van der Waals surface area contributed by atoms with E-state index in [9.17, 15) is 4.79 Å². The molecule has 0 amide bonds. The van der Waals surface area contributed by atoms with E-state index in [1.54, 1.807) is 0 Å². The first kappa shape index (κ1) is 8.13. The highest BCUT2D eigenvalue weighted by molar-refractivity contribution is 9.08. The van der Waals surface area contributed by atoms with E-state index in [-0.39, 0.29) is 5.56 Å². The number of nitrogens with zero attached hydrogens (tertiary/aromatic N) is 2. The molecule has 4 nitrogen and oxygen atoms in total. The zero-order valence-corrected chi connectivity index (χ0v) is 7.08. The first-order chi connectivity index (χ1) is 5.24.